The van der Waals surface area contributed by atoms with Crippen molar-refractivity contribution in [3.63, 3.8) is 0 Å². The maximum atomic E-state index is 13.3. The van der Waals surface area contributed by atoms with Crippen molar-refractivity contribution in [2.75, 3.05) is 20.8 Å². The lowest BCUT2D eigenvalue weighted by atomic mass is 9.92. The summed E-state index contributed by atoms with van der Waals surface area (Å²) in [5.41, 5.74) is 5.87. The third-order valence-electron chi connectivity index (χ3n) is 6.46. The lowest BCUT2D eigenvalue weighted by Gasteiger charge is -2.28. The molecule has 1 heterocycles. The number of hydrogen-bond donors (Lipinski definition) is 1. The van der Waals surface area contributed by atoms with Gasteiger partial charge in [-0.3, -0.25) is 4.79 Å². The molecular weight excluding hydrogens is 426 g/mol. The second-order valence-electron chi connectivity index (χ2n) is 8.56. The van der Waals surface area contributed by atoms with Crippen LogP contribution in [0.4, 0.5) is 0 Å². The van der Waals surface area contributed by atoms with E-state index in [0.717, 1.165) is 28.7 Å². The summed E-state index contributed by atoms with van der Waals surface area (Å²) in [6.45, 7) is 4.59. The minimum Gasteiger partial charge on any atom is -0.503 e. The highest BCUT2D eigenvalue weighted by molar-refractivity contribution is 6.05. The van der Waals surface area contributed by atoms with E-state index in [1.807, 2.05) is 49.4 Å². The summed E-state index contributed by atoms with van der Waals surface area (Å²) in [7, 11) is 3.22. The highest BCUT2D eigenvalue weighted by Gasteiger charge is 2.40. The minimum atomic E-state index is -0.360. The van der Waals surface area contributed by atoms with Crippen LogP contribution in [0.15, 0.2) is 72.5 Å². The Morgan fingerprint density at radius 1 is 0.882 bits per heavy atom. The van der Waals surface area contributed by atoms with Crippen LogP contribution in [0, 0.1) is 6.92 Å². The van der Waals surface area contributed by atoms with Crippen LogP contribution in [0.3, 0.4) is 0 Å². The second-order valence-corrected chi connectivity index (χ2v) is 8.56. The van der Waals surface area contributed by atoms with E-state index in [1.165, 1.54) is 5.56 Å². The first-order valence-electron chi connectivity index (χ1n) is 11.6. The largest absolute Gasteiger partial charge is 0.503 e. The molecule has 0 spiro atoms. The molecule has 0 aliphatic carbocycles. The van der Waals surface area contributed by atoms with Crippen molar-refractivity contribution in [1.29, 1.82) is 0 Å². The van der Waals surface area contributed by atoms with Gasteiger partial charge < -0.3 is 19.5 Å². The standard InChI is InChI=1S/C29H31NO4/c1-5-20-8-13-23(14-9-20)27-26(22-11-6-19(2)7-12-22)28(31)29(32)30(27)17-16-21-10-15-24(33-3)25(18-21)34-4/h6-15,18,27,31H,5,16-17H2,1-4H3/t27-/m1/s1. The predicted molar refractivity (Wildman–Crippen MR) is 134 cm³/mol. The summed E-state index contributed by atoms with van der Waals surface area (Å²) in [5.74, 6) is 0.792. The van der Waals surface area contributed by atoms with Crippen molar-refractivity contribution in [2.24, 2.45) is 0 Å². The Balaban J connectivity index is 1.69. The van der Waals surface area contributed by atoms with Gasteiger partial charge in [0, 0.05) is 12.1 Å². The Hall–Kier alpha value is -3.73. The highest BCUT2D eigenvalue weighted by atomic mass is 16.5. The zero-order valence-electron chi connectivity index (χ0n) is 20.2. The number of aliphatic hydroxyl groups excluding tert-OH is 1. The fraction of sp³-hybridized carbons (Fsp3) is 0.276. The van der Waals surface area contributed by atoms with E-state index in [4.69, 9.17) is 9.47 Å². The Bertz CT molecular complexity index is 1200. The van der Waals surface area contributed by atoms with Crippen molar-refractivity contribution >= 4 is 11.5 Å². The van der Waals surface area contributed by atoms with Crippen LogP contribution < -0.4 is 9.47 Å². The molecule has 5 heteroatoms. The number of benzene rings is 3. The lowest BCUT2D eigenvalue weighted by Crippen LogP contribution is -2.32. The van der Waals surface area contributed by atoms with Crippen LogP contribution in [0.5, 0.6) is 11.5 Å². The van der Waals surface area contributed by atoms with Gasteiger partial charge >= 0.3 is 0 Å². The quantitative estimate of drug-likeness (QED) is 0.474. The van der Waals surface area contributed by atoms with Crippen LogP contribution in [-0.4, -0.2) is 36.7 Å². The van der Waals surface area contributed by atoms with Crippen molar-refractivity contribution < 1.29 is 19.4 Å². The fourth-order valence-electron chi connectivity index (χ4n) is 4.48. The van der Waals surface area contributed by atoms with Gasteiger partial charge in [-0.25, -0.2) is 0 Å². The van der Waals surface area contributed by atoms with E-state index in [2.05, 4.69) is 31.2 Å². The smallest absolute Gasteiger partial charge is 0.289 e. The number of aryl methyl sites for hydroxylation is 2. The molecule has 1 aliphatic heterocycles. The van der Waals surface area contributed by atoms with E-state index < -0.39 is 0 Å². The molecule has 4 rings (SSSR count). The maximum Gasteiger partial charge on any atom is 0.289 e. The summed E-state index contributed by atoms with van der Waals surface area (Å²) in [4.78, 5) is 15.0. The monoisotopic (exact) mass is 457 g/mol. The second kappa shape index (κ2) is 10.0. The highest BCUT2D eigenvalue weighted by Crippen LogP contribution is 2.43. The van der Waals surface area contributed by atoms with Crippen LogP contribution in [0.1, 0.15) is 40.8 Å². The number of carbonyl (C=O) groups excluding carboxylic acids is 1. The van der Waals surface area contributed by atoms with Gasteiger partial charge in [-0.05, 0) is 54.2 Å². The average Bonchev–Trinajstić information content (AvgIpc) is 3.12. The fourth-order valence-corrected chi connectivity index (χ4v) is 4.48. The number of amides is 1. The number of rotatable bonds is 8. The third kappa shape index (κ3) is 4.51. The molecule has 0 radical (unpaired) electrons. The van der Waals surface area contributed by atoms with Gasteiger partial charge in [-0.2, -0.15) is 0 Å². The number of aliphatic hydroxyl groups is 1. The molecule has 3 aromatic rings. The van der Waals surface area contributed by atoms with E-state index in [-0.39, 0.29) is 17.7 Å². The van der Waals surface area contributed by atoms with Gasteiger partial charge in [-0.15, -0.1) is 0 Å². The molecule has 0 bridgehead atoms. The van der Waals surface area contributed by atoms with Crippen molar-refractivity contribution in [3.05, 3.63) is 100 Å². The Kier molecular flexibility index (Phi) is 6.92. The van der Waals surface area contributed by atoms with E-state index in [9.17, 15) is 9.90 Å². The molecule has 0 unspecified atom stereocenters. The third-order valence-corrected chi connectivity index (χ3v) is 6.46. The van der Waals surface area contributed by atoms with Gasteiger partial charge in [0.25, 0.3) is 5.91 Å². The molecule has 176 valence electrons. The van der Waals surface area contributed by atoms with E-state index in [0.29, 0.717) is 30.0 Å². The van der Waals surface area contributed by atoms with Crippen molar-refractivity contribution in [3.8, 4) is 11.5 Å². The molecule has 3 aromatic carbocycles. The topological polar surface area (TPSA) is 59.0 Å². The number of hydrogen-bond acceptors (Lipinski definition) is 4. The normalized spacial score (nSPS) is 15.7. The zero-order chi connectivity index (χ0) is 24.2. The van der Waals surface area contributed by atoms with Crippen LogP contribution >= 0.6 is 0 Å². The lowest BCUT2D eigenvalue weighted by molar-refractivity contribution is -0.129. The van der Waals surface area contributed by atoms with Gasteiger partial charge in [-0.1, -0.05) is 67.1 Å². The van der Waals surface area contributed by atoms with Crippen molar-refractivity contribution in [2.45, 2.75) is 32.7 Å². The molecule has 0 saturated heterocycles. The zero-order valence-corrected chi connectivity index (χ0v) is 20.2. The van der Waals surface area contributed by atoms with Gasteiger partial charge in [0.2, 0.25) is 0 Å². The first-order chi connectivity index (χ1) is 16.5. The summed E-state index contributed by atoms with van der Waals surface area (Å²) in [6, 6.07) is 21.7. The Morgan fingerprint density at radius 2 is 1.53 bits per heavy atom. The first-order valence-corrected chi connectivity index (χ1v) is 11.6. The van der Waals surface area contributed by atoms with E-state index in [1.54, 1.807) is 19.1 Å². The Morgan fingerprint density at radius 3 is 2.15 bits per heavy atom. The van der Waals surface area contributed by atoms with Gasteiger partial charge in [0.1, 0.15) is 0 Å². The molecule has 1 amide bonds. The molecular formula is C29H31NO4. The van der Waals surface area contributed by atoms with Crippen LogP contribution in [-0.2, 0) is 17.6 Å². The van der Waals surface area contributed by atoms with Crippen LogP contribution in [0.25, 0.3) is 5.57 Å². The number of methoxy groups -OCH3 is 2. The van der Waals surface area contributed by atoms with Crippen molar-refractivity contribution in [1.82, 2.24) is 4.90 Å². The molecule has 0 aromatic heterocycles. The van der Waals surface area contributed by atoms with Gasteiger partial charge in [0.05, 0.1) is 20.3 Å². The summed E-state index contributed by atoms with van der Waals surface area (Å²) >= 11 is 0. The number of carbonyl (C=O) groups is 1. The summed E-state index contributed by atoms with van der Waals surface area (Å²) in [5, 5.41) is 11.0. The summed E-state index contributed by atoms with van der Waals surface area (Å²) < 4.78 is 10.8. The number of nitrogens with zero attached hydrogens (tertiary/aromatic N) is 1. The summed E-state index contributed by atoms with van der Waals surface area (Å²) in [6.07, 6.45) is 1.56. The molecule has 0 saturated carbocycles. The predicted octanol–water partition coefficient (Wildman–Crippen LogP) is 5.67. The van der Waals surface area contributed by atoms with Gasteiger partial charge in [0.15, 0.2) is 17.3 Å². The number of ether oxygens (including phenoxy) is 2. The molecule has 34 heavy (non-hydrogen) atoms. The maximum absolute atomic E-state index is 13.3. The molecule has 0 fully saturated rings. The molecule has 1 N–H and O–H groups in total. The first kappa shape index (κ1) is 23.4. The Labute approximate surface area is 201 Å². The van der Waals surface area contributed by atoms with Crippen LogP contribution in [0.2, 0.25) is 0 Å². The molecule has 5 nitrogen and oxygen atoms in total. The SMILES string of the molecule is CCc1ccc([C@@H]2C(c3ccc(C)cc3)=C(O)C(=O)N2CCc2ccc(OC)c(OC)c2)cc1. The van der Waals surface area contributed by atoms with E-state index >= 15 is 0 Å². The minimum absolute atomic E-state index is 0.180. The molecule has 1 aliphatic rings. The average molecular weight is 458 g/mol. The molecule has 1 atom stereocenters.